The van der Waals surface area contributed by atoms with Gasteiger partial charge in [-0.15, -0.1) is 0 Å². The lowest BCUT2D eigenvalue weighted by atomic mass is 9.86. The molecule has 0 aromatic carbocycles. The van der Waals surface area contributed by atoms with Gasteiger partial charge in [0.15, 0.2) is 5.82 Å². The molecule has 88 valence electrons. The normalized spacial score (nSPS) is 13.2. The van der Waals surface area contributed by atoms with Gasteiger partial charge in [0.1, 0.15) is 0 Å². The molecular formula is C10H15N3O3. The fourth-order valence-corrected chi connectivity index (χ4v) is 1.26. The lowest BCUT2D eigenvalue weighted by molar-refractivity contribution is -0.118. The number of H-pyrrole nitrogens is 1. The largest absolute Gasteiger partial charge is 0.438 e. The SMILES string of the molecule is C=CC(=O)NC(c1noc(=O)[nH]1)C(C)(C)C. The van der Waals surface area contributed by atoms with E-state index >= 15 is 0 Å². The van der Waals surface area contributed by atoms with E-state index in [1.165, 1.54) is 0 Å². The number of hydrogen-bond acceptors (Lipinski definition) is 4. The van der Waals surface area contributed by atoms with Crippen molar-refractivity contribution in [2.24, 2.45) is 5.41 Å². The van der Waals surface area contributed by atoms with E-state index in [0.717, 1.165) is 6.08 Å². The summed E-state index contributed by atoms with van der Waals surface area (Å²) in [5, 5.41) is 6.26. The molecule has 0 aliphatic carbocycles. The zero-order valence-corrected chi connectivity index (χ0v) is 9.53. The molecule has 0 saturated heterocycles. The van der Waals surface area contributed by atoms with E-state index in [4.69, 9.17) is 0 Å². The van der Waals surface area contributed by atoms with Crippen molar-refractivity contribution in [3.8, 4) is 0 Å². The molecule has 1 rings (SSSR count). The Bertz CT molecular complexity index is 439. The van der Waals surface area contributed by atoms with Gasteiger partial charge < -0.3 is 5.32 Å². The number of rotatable bonds is 3. The zero-order chi connectivity index (χ0) is 12.3. The molecule has 1 unspecified atom stereocenters. The minimum Gasteiger partial charge on any atom is -0.342 e. The topological polar surface area (TPSA) is 88.0 Å². The summed E-state index contributed by atoms with van der Waals surface area (Å²) in [5.74, 6) is -0.673. The Kier molecular flexibility index (Phi) is 3.31. The van der Waals surface area contributed by atoms with Crippen LogP contribution in [0.5, 0.6) is 0 Å². The minimum absolute atomic E-state index is 0.299. The maximum atomic E-state index is 11.3. The number of carbonyl (C=O) groups excluding carboxylic acids is 1. The summed E-state index contributed by atoms with van der Waals surface area (Å²) in [6.45, 7) is 9.10. The average molecular weight is 225 g/mol. The zero-order valence-electron chi connectivity index (χ0n) is 9.53. The first-order chi connectivity index (χ1) is 7.34. The van der Waals surface area contributed by atoms with Crippen molar-refractivity contribution in [1.29, 1.82) is 0 Å². The van der Waals surface area contributed by atoms with Crippen LogP contribution in [0.25, 0.3) is 0 Å². The van der Waals surface area contributed by atoms with E-state index in [2.05, 4.69) is 26.6 Å². The predicted octanol–water partition coefficient (Wildman–Crippen LogP) is 0.752. The summed E-state index contributed by atoms with van der Waals surface area (Å²) in [4.78, 5) is 24.6. The molecule has 1 amide bonds. The summed E-state index contributed by atoms with van der Waals surface area (Å²) in [5.41, 5.74) is -0.307. The maximum Gasteiger partial charge on any atom is 0.438 e. The van der Waals surface area contributed by atoms with Gasteiger partial charge in [-0.3, -0.25) is 14.3 Å². The van der Waals surface area contributed by atoms with E-state index in [-0.39, 0.29) is 11.3 Å². The summed E-state index contributed by atoms with van der Waals surface area (Å²) in [7, 11) is 0. The summed E-state index contributed by atoms with van der Waals surface area (Å²) in [6, 6.07) is -0.440. The van der Waals surface area contributed by atoms with Gasteiger partial charge in [0.2, 0.25) is 5.91 Å². The molecule has 6 nitrogen and oxygen atoms in total. The van der Waals surface area contributed by atoms with E-state index in [0.29, 0.717) is 5.82 Å². The third-order valence-electron chi connectivity index (χ3n) is 2.07. The van der Waals surface area contributed by atoms with Crippen LogP contribution in [0.3, 0.4) is 0 Å². The molecule has 1 aromatic heterocycles. The Morgan fingerprint density at radius 1 is 1.62 bits per heavy atom. The minimum atomic E-state index is -0.642. The molecule has 2 N–H and O–H groups in total. The smallest absolute Gasteiger partial charge is 0.342 e. The summed E-state index contributed by atoms with van der Waals surface area (Å²) >= 11 is 0. The lowest BCUT2D eigenvalue weighted by Crippen LogP contribution is -2.36. The third-order valence-corrected chi connectivity index (χ3v) is 2.07. The van der Waals surface area contributed by atoms with Crippen LogP contribution in [0.1, 0.15) is 32.6 Å². The van der Waals surface area contributed by atoms with Gasteiger partial charge in [-0.25, -0.2) is 4.79 Å². The molecule has 0 aliphatic rings. The number of aromatic amines is 1. The number of aromatic nitrogens is 2. The van der Waals surface area contributed by atoms with Crippen molar-refractivity contribution in [3.05, 3.63) is 29.0 Å². The van der Waals surface area contributed by atoms with Gasteiger partial charge in [0.25, 0.3) is 0 Å². The molecule has 6 heteroatoms. The molecule has 0 aliphatic heterocycles. The maximum absolute atomic E-state index is 11.3. The first-order valence-electron chi connectivity index (χ1n) is 4.83. The van der Waals surface area contributed by atoms with Crippen LogP contribution in [0.2, 0.25) is 0 Å². The number of nitrogens with one attached hydrogen (secondary N) is 2. The molecule has 0 fully saturated rings. The third kappa shape index (κ3) is 2.82. The van der Waals surface area contributed by atoms with Crippen molar-refractivity contribution < 1.29 is 9.32 Å². The molecule has 16 heavy (non-hydrogen) atoms. The second-order valence-electron chi connectivity index (χ2n) is 4.49. The highest BCUT2D eigenvalue weighted by Gasteiger charge is 2.30. The molecule has 0 bridgehead atoms. The van der Waals surface area contributed by atoms with E-state index in [1.54, 1.807) is 0 Å². The molecule has 0 saturated carbocycles. The quantitative estimate of drug-likeness (QED) is 0.743. The highest BCUT2D eigenvalue weighted by molar-refractivity contribution is 5.87. The number of carbonyl (C=O) groups is 1. The van der Waals surface area contributed by atoms with E-state index in [9.17, 15) is 9.59 Å². The highest BCUT2D eigenvalue weighted by atomic mass is 16.5. The Morgan fingerprint density at radius 3 is 2.62 bits per heavy atom. The molecule has 0 spiro atoms. The van der Waals surface area contributed by atoms with Crippen molar-refractivity contribution in [2.45, 2.75) is 26.8 Å². The lowest BCUT2D eigenvalue weighted by Gasteiger charge is -2.28. The van der Waals surface area contributed by atoms with Crippen LogP contribution in [0.4, 0.5) is 0 Å². The van der Waals surface area contributed by atoms with Gasteiger partial charge >= 0.3 is 5.76 Å². The number of amides is 1. The summed E-state index contributed by atoms with van der Waals surface area (Å²) < 4.78 is 4.42. The van der Waals surface area contributed by atoms with Crippen LogP contribution < -0.4 is 11.1 Å². The van der Waals surface area contributed by atoms with Crippen molar-refractivity contribution >= 4 is 5.91 Å². The number of hydrogen-bond donors (Lipinski definition) is 2. The van der Waals surface area contributed by atoms with Crippen LogP contribution in [-0.2, 0) is 4.79 Å². The van der Waals surface area contributed by atoms with Gasteiger partial charge in [0.05, 0.1) is 6.04 Å². The van der Waals surface area contributed by atoms with Gasteiger partial charge in [0, 0.05) is 0 Å². The van der Waals surface area contributed by atoms with Crippen molar-refractivity contribution in [1.82, 2.24) is 15.5 Å². The monoisotopic (exact) mass is 225 g/mol. The molecule has 1 aromatic rings. The molecule has 1 atom stereocenters. The first-order valence-corrected chi connectivity index (χ1v) is 4.83. The van der Waals surface area contributed by atoms with E-state index in [1.807, 2.05) is 20.8 Å². The van der Waals surface area contributed by atoms with Gasteiger partial charge in [-0.1, -0.05) is 32.5 Å². The highest BCUT2D eigenvalue weighted by Crippen LogP contribution is 2.30. The Balaban J connectivity index is 3.01. The second-order valence-corrected chi connectivity index (χ2v) is 4.49. The first kappa shape index (κ1) is 12.2. The fourth-order valence-electron chi connectivity index (χ4n) is 1.26. The average Bonchev–Trinajstić information content (AvgIpc) is 2.58. The van der Waals surface area contributed by atoms with Crippen molar-refractivity contribution in [3.63, 3.8) is 0 Å². The molecule has 1 heterocycles. The molecular weight excluding hydrogens is 210 g/mol. The Morgan fingerprint density at radius 2 is 2.25 bits per heavy atom. The molecule has 0 radical (unpaired) electrons. The van der Waals surface area contributed by atoms with Gasteiger partial charge in [-0.05, 0) is 11.5 Å². The second kappa shape index (κ2) is 4.34. The van der Waals surface area contributed by atoms with Crippen LogP contribution in [-0.4, -0.2) is 16.0 Å². The van der Waals surface area contributed by atoms with Crippen LogP contribution in [0, 0.1) is 5.41 Å². The predicted molar refractivity (Wildman–Crippen MR) is 57.7 cm³/mol. The van der Waals surface area contributed by atoms with Crippen LogP contribution in [0.15, 0.2) is 22.0 Å². The fraction of sp³-hybridized carbons (Fsp3) is 0.500. The van der Waals surface area contributed by atoms with Gasteiger partial charge in [-0.2, -0.15) is 0 Å². The Hall–Kier alpha value is -1.85. The standard InChI is InChI=1S/C10H15N3O3/c1-5-6(14)11-7(10(2,3)4)8-12-9(15)16-13-8/h5,7H,1H2,2-4H3,(H,11,14)(H,12,13,15). The van der Waals surface area contributed by atoms with Crippen molar-refractivity contribution in [2.75, 3.05) is 0 Å². The summed E-state index contributed by atoms with van der Waals surface area (Å²) in [6.07, 6.45) is 1.16. The van der Waals surface area contributed by atoms with E-state index < -0.39 is 11.8 Å². The Labute approximate surface area is 92.7 Å². The van der Waals surface area contributed by atoms with Crippen LogP contribution >= 0.6 is 0 Å². The number of nitrogens with zero attached hydrogens (tertiary/aromatic N) is 1.